The summed E-state index contributed by atoms with van der Waals surface area (Å²) >= 11 is 13.6. The van der Waals surface area contributed by atoms with Gasteiger partial charge in [-0.3, -0.25) is 9.59 Å². The van der Waals surface area contributed by atoms with Crippen molar-refractivity contribution in [1.82, 2.24) is 10.2 Å². The zero-order valence-corrected chi connectivity index (χ0v) is 22.1. The Labute approximate surface area is 222 Å². The minimum atomic E-state index is -0.609. The van der Waals surface area contributed by atoms with Gasteiger partial charge < -0.3 is 10.2 Å². The molecule has 3 rings (SSSR count). The molecule has 0 radical (unpaired) electrons. The second-order valence-electron chi connectivity index (χ2n) is 8.25. The molecule has 0 aromatic heterocycles. The van der Waals surface area contributed by atoms with Gasteiger partial charge in [-0.05, 0) is 35.2 Å². The summed E-state index contributed by atoms with van der Waals surface area (Å²) in [6, 6.07) is 24.5. The molecule has 0 saturated heterocycles. The maximum atomic E-state index is 13.5. The fourth-order valence-electron chi connectivity index (χ4n) is 3.67. The van der Waals surface area contributed by atoms with Crippen LogP contribution in [0.1, 0.15) is 30.0 Å². The third-order valence-electron chi connectivity index (χ3n) is 5.49. The molecule has 0 heterocycles. The number of carbonyl (C=O) groups excluding carboxylic acids is 2. The second-order valence-corrected chi connectivity index (χ2v) is 10.0. The van der Waals surface area contributed by atoms with Crippen LogP contribution in [0.5, 0.6) is 0 Å². The van der Waals surface area contributed by atoms with E-state index in [9.17, 15) is 9.59 Å². The highest BCUT2D eigenvalue weighted by molar-refractivity contribution is 7.99. The third-order valence-corrected chi connectivity index (χ3v) is 7.22. The van der Waals surface area contributed by atoms with Crippen LogP contribution in [0.15, 0.2) is 78.9 Å². The van der Waals surface area contributed by atoms with Crippen molar-refractivity contribution >= 4 is 46.8 Å². The first-order valence-electron chi connectivity index (χ1n) is 11.6. The molecule has 1 unspecified atom stereocenters. The van der Waals surface area contributed by atoms with Gasteiger partial charge in [0.05, 0.1) is 15.8 Å². The zero-order valence-electron chi connectivity index (χ0n) is 19.8. The van der Waals surface area contributed by atoms with Gasteiger partial charge in [-0.1, -0.05) is 96.9 Å². The van der Waals surface area contributed by atoms with Crippen LogP contribution in [0, 0.1) is 0 Å². The Morgan fingerprint density at radius 2 is 1.54 bits per heavy atom. The van der Waals surface area contributed by atoms with E-state index in [1.165, 1.54) is 11.8 Å². The normalized spacial score (nSPS) is 11.6. The second kappa shape index (κ2) is 14.2. The van der Waals surface area contributed by atoms with E-state index in [-0.39, 0.29) is 17.6 Å². The highest BCUT2D eigenvalue weighted by Gasteiger charge is 2.30. The lowest BCUT2D eigenvalue weighted by molar-refractivity contribution is -0.139. The zero-order chi connectivity index (χ0) is 25.0. The minimum Gasteiger partial charge on any atom is -0.354 e. The number of amides is 2. The standard InChI is InChI=1S/C28H30Cl2N2O2S/c1-2-15-31-28(34)26(17-21-9-5-3-6-10-21)32(18-22-11-7-4-8-12-22)27(33)20-35-19-23-13-14-24(29)25(30)16-23/h3-14,16,26H,2,15,17-20H2,1H3,(H,31,34). The van der Waals surface area contributed by atoms with Crippen molar-refractivity contribution in [3.8, 4) is 0 Å². The lowest BCUT2D eigenvalue weighted by atomic mass is 10.0. The summed E-state index contributed by atoms with van der Waals surface area (Å²) in [5.74, 6) is 0.660. The van der Waals surface area contributed by atoms with Crippen LogP contribution in [0.3, 0.4) is 0 Å². The number of halogens is 2. The maximum absolute atomic E-state index is 13.5. The highest BCUT2D eigenvalue weighted by Crippen LogP contribution is 2.25. The average Bonchev–Trinajstić information content (AvgIpc) is 2.88. The number of rotatable bonds is 12. The number of carbonyl (C=O) groups is 2. The molecule has 35 heavy (non-hydrogen) atoms. The molecule has 0 aliphatic rings. The summed E-state index contributed by atoms with van der Waals surface area (Å²) < 4.78 is 0. The quantitative estimate of drug-likeness (QED) is 0.296. The van der Waals surface area contributed by atoms with E-state index in [4.69, 9.17) is 23.2 Å². The van der Waals surface area contributed by atoms with Crippen molar-refractivity contribution in [3.05, 3.63) is 106 Å². The number of nitrogens with zero attached hydrogens (tertiary/aromatic N) is 1. The molecule has 184 valence electrons. The molecule has 0 spiro atoms. The van der Waals surface area contributed by atoms with E-state index in [0.29, 0.717) is 35.3 Å². The summed E-state index contributed by atoms with van der Waals surface area (Å²) in [6.45, 7) is 2.95. The molecule has 1 atom stereocenters. The van der Waals surface area contributed by atoms with Crippen LogP contribution >= 0.6 is 35.0 Å². The topological polar surface area (TPSA) is 49.4 Å². The average molecular weight is 530 g/mol. The molecule has 0 bridgehead atoms. The molecule has 0 aliphatic carbocycles. The van der Waals surface area contributed by atoms with Gasteiger partial charge in [-0.15, -0.1) is 11.8 Å². The predicted molar refractivity (Wildman–Crippen MR) is 147 cm³/mol. The van der Waals surface area contributed by atoms with Gasteiger partial charge in [0.1, 0.15) is 6.04 Å². The Kier molecular flexibility index (Phi) is 11.0. The van der Waals surface area contributed by atoms with E-state index >= 15 is 0 Å². The maximum Gasteiger partial charge on any atom is 0.243 e. The lowest BCUT2D eigenvalue weighted by Gasteiger charge is -2.31. The van der Waals surface area contributed by atoms with Gasteiger partial charge in [0, 0.05) is 25.3 Å². The molecule has 2 amide bonds. The van der Waals surface area contributed by atoms with Gasteiger partial charge in [-0.25, -0.2) is 0 Å². The van der Waals surface area contributed by atoms with Crippen molar-refractivity contribution in [2.45, 2.75) is 38.1 Å². The van der Waals surface area contributed by atoms with E-state index in [0.717, 1.165) is 23.1 Å². The monoisotopic (exact) mass is 528 g/mol. The molecule has 0 aliphatic heterocycles. The predicted octanol–water partition coefficient (Wildman–Crippen LogP) is 6.39. The first kappa shape index (κ1) is 27.1. The number of nitrogens with one attached hydrogen (secondary N) is 1. The molecule has 3 aromatic carbocycles. The van der Waals surface area contributed by atoms with Gasteiger partial charge >= 0.3 is 0 Å². The van der Waals surface area contributed by atoms with Crippen molar-refractivity contribution < 1.29 is 9.59 Å². The summed E-state index contributed by atoms with van der Waals surface area (Å²) in [6.07, 6.45) is 1.28. The SMILES string of the molecule is CCCNC(=O)C(Cc1ccccc1)N(Cc1ccccc1)C(=O)CSCc1ccc(Cl)c(Cl)c1. The van der Waals surface area contributed by atoms with Crippen LogP contribution in [-0.2, 0) is 28.3 Å². The Morgan fingerprint density at radius 1 is 0.886 bits per heavy atom. The molecular weight excluding hydrogens is 499 g/mol. The van der Waals surface area contributed by atoms with E-state index in [2.05, 4.69) is 5.32 Å². The first-order valence-corrected chi connectivity index (χ1v) is 13.6. The van der Waals surface area contributed by atoms with Crippen LogP contribution in [0.25, 0.3) is 0 Å². The van der Waals surface area contributed by atoms with E-state index < -0.39 is 6.04 Å². The van der Waals surface area contributed by atoms with Crippen LogP contribution < -0.4 is 5.32 Å². The van der Waals surface area contributed by atoms with Gasteiger partial charge in [-0.2, -0.15) is 0 Å². The number of hydrogen-bond donors (Lipinski definition) is 1. The van der Waals surface area contributed by atoms with Crippen LogP contribution in [0.4, 0.5) is 0 Å². The smallest absolute Gasteiger partial charge is 0.243 e. The summed E-state index contributed by atoms with van der Waals surface area (Å²) in [7, 11) is 0. The largest absolute Gasteiger partial charge is 0.354 e. The number of benzene rings is 3. The molecule has 1 N–H and O–H groups in total. The Balaban J connectivity index is 1.80. The Morgan fingerprint density at radius 3 is 2.17 bits per heavy atom. The summed E-state index contributed by atoms with van der Waals surface area (Å²) in [4.78, 5) is 28.5. The van der Waals surface area contributed by atoms with Crippen LogP contribution in [-0.4, -0.2) is 35.1 Å². The Hall–Kier alpha value is -2.47. The van der Waals surface area contributed by atoms with Crippen molar-refractivity contribution in [3.63, 3.8) is 0 Å². The summed E-state index contributed by atoms with van der Waals surface area (Å²) in [5, 5.41) is 4.00. The highest BCUT2D eigenvalue weighted by atomic mass is 35.5. The minimum absolute atomic E-state index is 0.0773. The molecular formula is C28H30Cl2N2O2S. The van der Waals surface area contributed by atoms with Crippen molar-refractivity contribution in [2.75, 3.05) is 12.3 Å². The Bertz CT molecular complexity index is 1100. The van der Waals surface area contributed by atoms with E-state index in [1.54, 1.807) is 11.0 Å². The third kappa shape index (κ3) is 8.60. The molecule has 4 nitrogen and oxygen atoms in total. The lowest BCUT2D eigenvalue weighted by Crippen LogP contribution is -2.51. The molecule has 3 aromatic rings. The van der Waals surface area contributed by atoms with Gasteiger partial charge in [0.25, 0.3) is 0 Å². The molecule has 0 fully saturated rings. The van der Waals surface area contributed by atoms with Crippen molar-refractivity contribution in [1.29, 1.82) is 0 Å². The summed E-state index contributed by atoms with van der Waals surface area (Å²) in [5.41, 5.74) is 2.99. The van der Waals surface area contributed by atoms with Crippen LogP contribution in [0.2, 0.25) is 10.0 Å². The van der Waals surface area contributed by atoms with E-state index in [1.807, 2.05) is 79.7 Å². The fourth-order valence-corrected chi connectivity index (χ4v) is 4.85. The van der Waals surface area contributed by atoms with Gasteiger partial charge in [0.15, 0.2) is 0 Å². The molecule has 0 saturated carbocycles. The van der Waals surface area contributed by atoms with Gasteiger partial charge in [0.2, 0.25) is 11.8 Å². The number of hydrogen-bond acceptors (Lipinski definition) is 3. The molecule has 7 heteroatoms. The van der Waals surface area contributed by atoms with Crippen molar-refractivity contribution in [2.24, 2.45) is 0 Å². The fraction of sp³-hybridized carbons (Fsp3) is 0.286. The first-order chi connectivity index (χ1) is 17.0. The number of thioether (sulfide) groups is 1.